The number of halogens is 1. The first-order chi connectivity index (χ1) is 7.50. The Balaban J connectivity index is 2.42. The molecule has 1 aliphatic heterocycles. The maximum absolute atomic E-state index is 11.0. The van der Waals surface area contributed by atoms with Gasteiger partial charge in [-0.3, -0.25) is 0 Å². The summed E-state index contributed by atoms with van der Waals surface area (Å²) in [5.74, 6) is -1.13. The lowest BCUT2D eigenvalue weighted by Crippen LogP contribution is -2.37. The molecule has 7 heteroatoms. The number of fused-ring (bicyclic) bond motifs is 1. The van der Waals surface area contributed by atoms with Crippen LogP contribution in [0.15, 0.2) is 6.20 Å². The average molecular weight is 245 g/mol. The van der Waals surface area contributed by atoms with E-state index in [-0.39, 0.29) is 17.1 Å². The number of hydrogen-bond donors (Lipinski definition) is 2. The summed E-state index contributed by atoms with van der Waals surface area (Å²) in [4.78, 5) is 22.9. The van der Waals surface area contributed by atoms with Crippen LogP contribution in [0.1, 0.15) is 16.1 Å². The number of carboxylic acids is 1. The van der Waals surface area contributed by atoms with E-state index >= 15 is 0 Å². The molecule has 6 nitrogen and oxygen atoms in total. The minimum atomic E-state index is -1.13. The summed E-state index contributed by atoms with van der Waals surface area (Å²) < 4.78 is 1.69. The van der Waals surface area contributed by atoms with Crippen LogP contribution in [0.2, 0.25) is 5.02 Å². The van der Waals surface area contributed by atoms with Gasteiger partial charge in [-0.15, -0.1) is 0 Å². The highest BCUT2D eigenvalue weighted by molar-refractivity contribution is 6.33. The molecule has 1 aromatic heterocycles. The predicted octanol–water partition coefficient (Wildman–Crippen LogP) is 1.33. The molecule has 16 heavy (non-hydrogen) atoms. The van der Waals surface area contributed by atoms with Crippen LogP contribution < -0.4 is 0 Å². The predicted molar refractivity (Wildman–Crippen MR) is 54.8 cm³/mol. The number of rotatable bonds is 1. The number of carboxylic acid groups (broad SMARTS) is 2. The molecule has 2 heterocycles. The highest BCUT2D eigenvalue weighted by Crippen LogP contribution is 2.26. The summed E-state index contributed by atoms with van der Waals surface area (Å²) in [5, 5.41) is 18.0. The number of carbonyl (C=O) groups is 2. The third kappa shape index (κ3) is 1.61. The Bertz CT molecular complexity index is 468. The van der Waals surface area contributed by atoms with Crippen molar-refractivity contribution in [3.8, 4) is 0 Å². The van der Waals surface area contributed by atoms with Crippen molar-refractivity contribution >= 4 is 23.7 Å². The molecule has 1 aliphatic rings. The molecule has 0 bridgehead atoms. The molecule has 0 spiro atoms. The molecule has 2 N–H and O–H groups in total. The first-order valence-electron chi connectivity index (χ1n) is 4.59. The topological polar surface area (TPSA) is 82.8 Å². The third-order valence-electron chi connectivity index (χ3n) is 2.58. The fourth-order valence-corrected chi connectivity index (χ4v) is 2.11. The van der Waals surface area contributed by atoms with E-state index < -0.39 is 12.1 Å². The fraction of sp³-hybridized carbons (Fsp3) is 0.333. The van der Waals surface area contributed by atoms with Crippen molar-refractivity contribution in [3.63, 3.8) is 0 Å². The second-order valence-electron chi connectivity index (χ2n) is 3.50. The van der Waals surface area contributed by atoms with E-state index in [0.29, 0.717) is 18.8 Å². The molecular weight excluding hydrogens is 236 g/mol. The van der Waals surface area contributed by atoms with Crippen LogP contribution in [0, 0.1) is 0 Å². The molecule has 86 valence electrons. The van der Waals surface area contributed by atoms with Crippen LogP contribution >= 0.6 is 11.6 Å². The lowest BCUT2D eigenvalue weighted by atomic mass is 10.2. The van der Waals surface area contributed by atoms with Crippen molar-refractivity contribution in [3.05, 3.63) is 22.5 Å². The summed E-state index contributed by atoms with van der Waals surface area (Å²) in [7, 11) is 0. The van der Waals surface area contributed by atoms with E-state index in [1.54, 1.807) is 4.57 Å². The van der Waals surface area contributed by atoms with E-state index in [4.69, 9.17) is 21.8 Å². The first-order valence-corrected chi connectivity index (χ1v) is 4.97. The molecule has 2 rings (SSSR count). The summed E-state index contributed by atoms with van der Waals surface area (Å²) in [6.45, 7) is 0.824. The van der Waals surface area contributed by atoms with Gasteiger partial charge >= 0.3 is 12.1 Å². The SMILES string of the molecule is O=C(O)c1c(Cl)cn2c1CN(C(=O)O)CC2. The minimum Gasteiger partial charge on any atom is -0.478 e. The summed E-state index contributed by atoms with van der Waals surface area (Å²) in [5.41, 5.74) is 0.429. The molecule has 0 atom stereocenters. The van der Waals surface area contributed by atoms with Gasteiger partial charge in [0, 0.05) is 19.3 Å². The highest BCUT2D eigenvalue weighted by atomic mass is 35.5. The maximum atomic E-state index is 11.0. The second-order valence-corrected chi connectivity index (χ2v) is 3.91. The van der Waals surface area contributed by atoms with Crippen molar-refractivity contribution < 1.29 is 19.8 Å². The summed E-state index contributed by atoms with van der Waals surface area (Å²) >= 11 is 5.79. The normalized spacial score (nSPS) is 14.7. The molecule has 0 fully saturated rings. The zero-order chi connectivity index (χ0) is 11.9. The van der Waals surface area contributed by atoms with Crippen LogP contribution in [0.25, 0.3) is 0 Å². The second kappa shape index (κ2) is 3.71. The van der Waals surface area contributed by atoms with Crippen LogP contribution in [0.5, 0.6) is 0 Å². The van der Waals surface area contributed by atoms with Gasteiger partial charge in [0.2, 0.25) is 0 Å². The van der Waals surface area contributed by atoms with E-state index in [1.807, 2.05) is 0 Å². The molecule has 0 aliphatic carbocycles. The number of hydrogen-bond acceptors (Lipinski definition) is 2. The van der Waals surface area contributed by atoms with Gasteiger partial charge < -0.3 is 19.7 Å². The number of amides is 1. The zero-order valence-electron chi connectivity index (χ0n) is 8.18. The summed E-state index contributed by atoms with van der Waals surface area (Å²) in [6, 6.07) is 0. The summed E-state index contributed by atoms with van der Waals surface area (Å²) in [6.07, 6.45) is 0.472. The Kier molecular flexibility index (Phi) is 2.51. The lowest BCUT2D eigenvalue weighted by Gasteiger charge is -2.26. The fourth-order valence-electron chi connectivity index (χ4n) is 1.81. The van der Waals surface area contributed by atoms with Gasteiger partial charge in [-0.25, -0.2) is 9.59 Å². The Morgan fingerprint density at radius 2 is 2.00 bits per heavy atom. The van der Waals surface area contributed by atoms with Gasteiger partial charge in [0.05, 0.1) is 17.3 Å². The molecule has 0 saturated heterocycles. The van der Waals surface area contributed by atoms with Crippen molar-refractivity contribution in [1.29, 1.82) is 0 Å². The van der Waals surface area contributed by atoms with Gasteiger partial charge in [-0.2, -0.15) is 0 Å². The van der Waals surface area contributed by atoms with E-state index in [2.05, 4.69) is 0 Å². The molecule has 1 amide bonds. The number of nitrogens with zero attached hydrogens (tertiary/aromatic N) is 2. The average Bonchev–Trinajstić information content (AvgIpc) is 2.51. The molecule has 1 aromatic rings. The number of aromatic carboxylic acids is 1. The maximum Gasteiger partial charge on any atom is 0.407 e. The van der Waals surface area contributed by atoms with Crippen LogP contribution in [-0.2, 0) is 13.1 Å². The monoisotopic (exact) mass is 244 g/mol. The van der Waals surface area contributed by atoms with Crippen molar-refractivity contribution in [2.45, 2.75) is 13.1 Å². The quantitative estimate of drug-likeness (QED) is 0.781. The first kappa shape index (κ1) is 10.8. The Hall–Kier alpha value is -1.69. The lowest BCUT2D eigenvalue weighted by molar-refractivity contribution is 0.0691. The van der Waals surface area contributed by atoms with E-state index in [9.17, 15) is 9.59 Å². The van der Waals surface area contributed by atoms with Crippen LogP contribution in [-0.4, -0.2) is 38.3 Å². The number of aromatic nitrogens is 1. The van der Waals surface area contributed by atoms with Crippen molar-refractivity contribution in [1.82, 2.24) is 9.47 Å². The Morgan fingerprint density at radius 3 is 2.56 bits per heavy atom. The van der Waals surface area contributed by atoms with Gasteiger partial charge in [0.15, 0.2) is 0 Å². The smallest absolute Gasteiger partial charge is 0.407 e. The largest absolute Gasteiger partial charge is 0.478 e. The van der Waals surface area contributed by atoms with Crippen LogP contribution in [0.3, 0.4) is 0 Å². The van der Waals surface area contributed by atoms with Crippen molar-refractivity contribution in [2.75, 3.05) is 6.54 Å². The molecule has 0 unspecified atom stereocenters. The minimum absolute atomic E-state index is 0.00684. The molecule has 0 saturated carbocycles. The molecular formula is C9H9ClN2O4. The van der Waals surface area contributed by atoms with Crippen molar-refractivity contribution in [2.24, 2.45) is 0 Å². The molecule has 0 aromatic carbocycles. The van der Waals surface area contributed by atoms with Gasteiger partial charge in [-0.05, 0) is 0 Å². The standard InChI is InChI=1S/C9H9ClN2O4/c10-5-3-11-1-2-12(9(15)16)4-6(11)7(5)8(13)14/h3H,1-2,4H2,(H,13,14)(H,15,16). The van der Waals surface area contributed by atoms with Gasteiger partial charge in [0.1, 0.15) is 5.56 Å². The molecule has 0 radical (unpaired) electrons. The van der Waals surface area contributed by atoms with E-state index in [1.165, 1.54) is 6.20 Å². The Labute approximate surface area is 95.6 Å². The zero-order valence-corrected chi connectivity index (χ0v) is 8.94. The Morgan fingerprint density at radius 1 is 1.31 bits per heavy atom. The third-order valence-corrected chi connectivity index (χ3v) is 2.87. The van der Waals surface area contributed by atoms with Crippen LogP contribution in [0.4, 0.5) is 4.79 Å². The van der Waals surface area contributed by atoms with E-state index in [0.717, 1.165) is 4.90 Å². The van der Waals surface area contributed by atoms with Gasteiger partial charge in [0.25, 0.3) is 0 Å². The van der Waals surface area contributed by atoms with Gasteiger partial charge in [-0.1, -0.05) is 11.6 Å². The highest BCUT2D eigenvalue weighted by Gasteiger charge is 2.27.